The Balaban J connectivity index is 1.50. The van der Waals surface area contributed by atoms with E-state index in [1.54, 1.807) is 23.8 Å². The van der Waals surface area contributed by atoms with Crippen molar-refractivity contribution in [3.05, 3.63) is 75.6 Å². The first-order valence-electron chi connectivity index (χ1n) is 8.47. The van der Waals surface area contributed by atoms with Crippen LogP contribution in [0.3, 0.4) is 0 Å². The third kappa shape index (κ3) is 6.20. The van der Waals surface area contributed by atoms with Gasteiger partial charge in [0.25, 0.3) is 0 Å². The highest BCUT2D eigenvalue weighted by molar-refractivity contribution is 7.09. The summed E-state index contributed by atoms with van der Waals surface area (Å²) in [7, 11) is 0. The second-order valence-electron chi connectivity index (χ2n) is 5.67. The zero-order valence-corrected chi connectivity index (χ0v) is 15.9. The molecule has 0 aliphatic heterocycles. The van der Waals surface area contributed by atoms with E-state index in [1.807, 2.05) is 30.3 Å². The van der Waals surface area contributed by atoms with Gasteiger partial charge in [0.1, 0.15) is 10.9 Å². The van der Waals surface area contributed by atoms with Gasteiger partial charge >= 0.3 is 0 Å². The Morgan fingerprint density at radius 1 is 1.12 bits per heavy atom. The van der Waals surface area contributed by atoms with E-state index in [0.717, 1.165) is 43.2 Å². The molecule has 2 N–H and O–H groups in total. The van der Waals surface area contributed by atoms with E-state index in [2.05, 4.69) is 32.1 Å². The van der Waals surface area contributed by atoms with E-state index in [0.29, 0.717) is 11.7 Å². The van der Waals surface area contributed by atoms with Crippen LogP contribution in [-0.4, -0.2) is 24.0 Å². The molecule has 0 amide bonds. The molecule has 5 nitrogen and oxygen atoms in total. The summed E-state index contributed by atoms with van der Waals surface area (Å²) in [4.78, 5) is 10.0. The Kier molecular flexibility index (Phi) is 7.10. The molecule has 26 heavy (non-hydrogen) atoms. The Hall–Kier alpha value is -2.31. The van der Waals surface area contributed by atoms with Crippen LogP contribution < -0.4 is 10.6 Å². The second-order valence-corrected chi connectivity index (χ2v) is 7.09. The number of hydrogen-bond donors (Lipinski definition) is 2. The zero-order valence-electron chi connectivity index (χ0n) is 14.3. The summed E-state index contributed by atoms with van der Waals surface area (Å²) in [6, 6.07) is 11.8. The number of nitrogens with zero attached hydrogens (tertiary/aromatic N) is 2. The maximum absolute atomic E-state index is 5.82. The van der Waals surface area contributed by atoms with Crippen LogP contribution >= 0.6 is 22.9 Å². The van der Waals surface area contributed by atoms with Gasteiger partial charge in [0.05, 0.1) is 12.8 Å². The minimum atomic E-state index is 0.513. The van der Waals surface area contributed by atoms with Crippen LogP contribution in [0.15, 0.2) is 63.6 Å². The number of hydrogen-bond acceptors (Lipinski definition) is 4. The van der Waals surface area contributed by atoms with Gasteiger partial charge in [-0.05, 0) is 41.6 Å². The number of nitrogens with one attached hydrogen (secondary N) is 2. The van der Waals surface area contributed by atoms with Crippen molar-refractivity contribution < 1.29 is 4.42 Å². The molecule has 7 heteroatoms. The van der Waals surface area contributed by atoms with Crippen LogP contribution in [0.4, 0.5) is 0 Å². The molecule has 0 unspecified atom stereocenters. The molecule has 3 heterocycles. The number of aliphatic imine (C=N–C) groups is 1. The first kappa shape index (κ1) is 18.5. The van der Waals surface area contributed by atoms with Crippen molar-refractivity contribution in [1.82, 2.24) is 15.6 Å². The molecule has 0 fully saturated rings. The maximum atomic E-state index is 5.82. The summed E-state index contributed by atoms with van der Waals surface area (Å²) in [6.07, 6.45) is 5.16. The Labute approximate surface area is 162 Å². The summed E-state index contributed by atoms with van der Waals surface area (Å²) in [6.45, 7) is 2.18. The largest absolute Gasteiger partial charge is 0.469 e. The smallest absolute Gasteiger partial charge is 0.191 e. The van der Waals surface area contributed by atoms with Crippen molar-refractivity contribution in [3.8, 4) is 0 Å². The van der Waals surface area contributed by atoms with Crippen molar-refractivity contribution in [3.63, 3.8) is 0 Å². The number of pyridine rings is 1. The number of rotatable bonds is 8. The molecular weight excluding hydrogens is 368 g/mol. The van der Waals surface area contributed by atoms with Crippen molar-refractivity contribution >= 4 is 28.9 Å². The van der Waals surface area contributed by atoms with Crippen LogP contribution in [0.25, 0.3) is 0 Å². The molecule has 0 bridgehead atoms. The zero-order chi connectivity index (χ0) is 18.0. The van der Waals surface area contributed by atoms with Crippen molar-refractivity contribution in [2.75, 3.05) is 13.1 Å². The SMILES string of the molecule is Clc1ccc(CCNC(=NCc2cccs2)NCCc2ccco2)cn1. The number of furan rings is 1. The van der Waals surface area contributed by atoms with Gasteiger partial charge in [0.2, 0.25) is 0 Å². The van der Waals surface area contributed by atoms with Crippen LogP contribution in [0.1, 0.15) is 16.2 Å². The minimum absolute atomic E-state index is 0.513. The van der Waals surface area contributed by atoms with Crippen LogP contribution in [0.2, 0.25) is 5.15 Å². The number of guanidine groups is 1. The van der Waals surface area contributed by atoms with Gasteiger partial charge in [-0.3, -0.25) is 0 Å². The van der Waals surface area contributed by atoms with E-state index in [4.69, 9.17) is 16.0 Å². The van der Waals surface area contributed by atoms with Gasteiger partial charge in [-0.2, -0.15) is 0 Å². The Bertz CT molecular complexity index is 786. The fourth-order valence-electron chi connectivity index (χ4n) is 2.37. The van der Waals surface area contributed by atoms with Gasteiger partial charge in [0, 0.05) is 30.6 Å². The molecule has 0 atom stereocenters. The van der Waals surface area contributed by atoms with Crippen molar-refractivity contribution in [2.45, 2.75) is 19.4 Å². The molecule has 0 aliphatic carbocycles. The summed E-state index contributed by atoms with van der Waals surface area (Å²) in [5.41, 5.74) is 1.13. The quantitative estimate of drug-likeness (QED) is 0.349. The minimum Gasteiger partial charge on any atom is -0.469 e. The average Bonchev–Trinajstić information content (AvgIpc) is 3.35. The second kappa shape index (κ2) is 9.99. The average molecular weight is 389 g/mol. The number of aromatic nitrogens is 1. The van der Waals surface area contributed by atoms with E-state index in [-0.39, 0.29) is 0 Å². The molecule has 0 aliphatic rings. The number of halogens is 1. The van der Waals surface area contributed by atoms with Gasteiger partial charge < -0.3 is 15.1 Å². The van der Waals surface area contributed by atoms with Crippen molar-refractivity contribution in [2.24, 2.45) is 4.99 Å². The molecule has 0 saturated heterocycles. The van der Waals surface area contributed by atoms with Crippen LogP contribution in [0.5, 0.6) is 0 Å². The van der Waals surface area contributed by atoms with Gasteiger partial charge in [-0.1, -0.05) is 23.7 Å². The highest BCUT2D eigenvalue weighted by atomic mass is 35.5. The van der Waals surface area contributed by atoms with E-state index >= 15 is 0 Å². The lowest BCUT2D eigenvalue weighted by molar-refractivity contribution is 0.506. The maximum Gasteiger partial charge on any atom is 0.191 e. The molecule has 0 radical (unpaired) electrons. The van der Waals surface area contributed by atoms with E-state index in [9.17, 15) is 0 Å². The highest BCUT2D eigenvalue weighted by Crippen LogP contribution is 2.09. The highest BCUT2D eigenvalue weighted by Gasteiger charge is 2.02. The molecule has 0 spiro atoms. The van der Waals surface area contributed by atoms with Crippen molar-refractivity contribution in [1.29, 1.82) is 0 Å². The molecule has 3 rings (SSSR count). The third-order valence-electron chi connectivity index (χ3n) is 3.71. The lowest BCUT2D eigenvalue weighted by Gasteiger charge is -2.12. The van der Waals surface area contributed by atoms with Gasteiger partial charge in [-0.25, -0.2) is 9.98 Å². The monoisotopic (exact) mass is 388 g/mol. The summed E-state index contributed by atoms with van der Waals surface area (Å²) >= 11 is 7.53. The molecule has 0 saturated carbocycles. The molecular formula is C19H21ClN4OS. The summed E-state index contributed by atoms with van der Waals surface area (Å²) in [5.74, 6) is 1.76. The lowest BCUT2D eigenvalue weighted by atomic mass is 10.2. The van der Waals surface area contributed by atoms with Crippen LogP contribution in [0, 0.1) is 0 Å². The predicted octanol–water partition coefficient (Wildman–Crippen LogP) is 3.91. The number of thiophene rings is 1. The fourth-order valence-corrected chi connectivity index (χ4v) is 3.11. The molecule has 136 valence electrons. The Morgan fingerprint density at radius 3 is 2.69 bits per heavy atom. The molecule has 3 aromatic rings. The van der Waals surface area contributed by atoms with E-state index < -0.39 is 0 Å². The Morgan fingerprint density at radius 2 is 2.00 bits per heavy atom. The third-order valence-corrected chi connectivity index (χ3v) is 4.80. The standard InChI is InChI=1S/C19H21ClN4OS/c20-18-6-5-15(13-23-18)7-9-21-19(24-14-17-4-2-12-26-17)22-10-8-16-3-1-11-25-16/h1-6,11-13H,7-10,14H2,(H2,21,22,24). The first-order chi connectivity index (χ1) is 12.8. The molecule has 3 aromatic heterocycles. The van der Waals surface area contributed by atoms with Gasteiger partial charge in [0.15, 0.2) is 5.96 Å². The first-order valence-corrected chi connectivity index (χ1v) is 9.73. The summed E-state index contributed by atoms with van der Waals surface area (Å²) < 4.78 is 5.37. The van der Waals surface area contributed by atoms with Crippen LogP contribution in [-0.2, 0) is 19.4 Å². The predicted molar refractivity (Wildman–Crippen MR) is 107 cm³/mol. The lowest BCUT2D eigenvalue weighted by Crippen LogP contribution is -2.39. The van der Waals surface area contributed by atoms with Gasteiger partial charge in [-0.15, -0.1) is 11.3 Å². The topological polar surface area (TPSA) is 62.5 Å². The molecule has 0 aromatic carbocycles. The summed E-state index contributed by atoms with van der Waals surface area (Å²) in [5, 5.41) is 9.32. The van der Waals surface area contributed by atoms with E-state index in [1.165, 1.54) is 4.88 Å². The normalized spacial score (nSPS) is 11.5. The fraction of sp³-hybridized carbons (Fsp3) is 0.263.